The molecule has 0 bridgehead atoms. The van der Waals surface area contributed by atoms with E-state index in [1.54, 1.807) is 10.8 Å². The van der Waals surface area contributed by atoms with Gasteiger partial charge >= 0.3 is 0 Å². The van der Waals surface area contributed by atoms with Crippen molar-refractivity contribution in [1.29, 1.82) is 0 Å². The van der Waals surface area contributed by atoms with Crippen LogP contribution in [0, 0.1) is 3.57 Å². The van der Waals surface area contributed by atoms with Crippen molar-refractivity contribution in [3.05, 3.63) is 40.0 Å². The maximum Gasteiger partial charge on any atom is 0.246 e. The molecule has 0 aliphatic carbocycles. The van der Waals surface area contributed by atoms with E-state index in [4.69, 9.17) is 33.8 Å². The van der Waals surface area contributed by atoms with Crippen LogP contribution in [-0.4, -0.2) is 87.1 Å². The lowest BCUT2D eigenvalue weighted by molar-refractivity contribution is -0.0367. The average Bonchev–Trinajstić information content (AvgIpc) is 3.72. The molecule has 5 heterocycles. The Morgan fingerprint density at radius 1 is 1.20 bits per heavy atom. The van der Waals surface area contributed by atoms with Crippen molar-refractivity contribution in [2.75, 3.05) is 33.4 Å². The van der Waals surface area contributed by atoms with E-state index in [2.05, 4.69) is 98.6 Å². The van der Waals surface area contributed by atoms with Crippen molar-refractivity contribution in [1.82, 2.24) is 39.2 Å². The number of nitrogens with zero attached hydrogens (tertiary/aromatic N) is 8. The van der Waals surface area contributed by atoms with Crippen molar-refractivity contribution in [3.8, 4) is 23.0 Å². The number of halogens is 1. The first kappa shape index (κ1) is 38.4. The third-order valence-corrected chi connectivity index (χ3v) is 15.4. The molecule has 1 saturated heterocycles. The van der Waals surface area contributed by atoms with Crippen LogP contribution in [0.5, 0.6) is 11.8 Å². The average molecular weight is 819 g/mol. The molecule has 274 valence electrons. The molecule has 14 heteroatoms. The van der Waals surface area contributed by atoms with Gasteiger partial charge in [0.05, 0.1) is 63.4 Å². The van der Waals surface area contributed by atoms with E-state index in [0.717, 1.165) is 63.0 Å². The highest BCUT2D eigenvalue weighted by Crippen LogP contribution is 2.38. The van der Waals surface area contributed by atoms with E-state index in [1.807, 2.05) is 37.1 Å². The number of pyridine rings is 1. The topological polar surface area (TPSA) is 107 Å². The lowest BCUT2D eigenvalue weighted by Crippen LogP contribution is -2.42. The summed E-state index contributed by atoms with van der Waals surface area (Å²) in [5.41, 5.74) is 4.43. The number of fused-ring (bicyclic) bond motifs is 1. The third-order valence-electron chi connectivity index (χ3n) is 9.81. The molecule has 3 atom stereocenters. The van der Waals surface area contributed by atoms with Gasteiger partial charge in [0.15, 0.2) is 14.5 Å². The van der Waals surface area contributed by atoms with Gasteiger partial charge in [-0.05, 0) is 99.9 Å². The summed E-state index contributed by atoms with van der Waals surface area (Å²) in [7, 11) is 2.09. The summed E-state index contributed by atoms with van der Waals surface area (Å²) in [4.78, 5) is 7.11. The zero-order chi connectivity index (χ0) is 36.4. The molecular formula is C36H55IN8O4Si. The number of hydrogen-bond acceptors (Lipinski definition) is 9. The van der Waals surface area contributed by atoms with E-state index < -0.39 is 8.32 Å². The van der Waals surface area contributed by atoms with E-state index in [0.29, 0.717) is 38.1 Å². The van der Waals surface area contributed by atoms with Crippen LogP contribution in [0.1, 0.15) is 84.5 Å². The number of aryl methyl sites for hydroxylation is 1. The fourth-order valence-electron chi connectivity index (χ4n) is 6.00. The highest BCUT2D eigenvalue weighted by Gasteiger charge is 2.38. The molecule has 50 heavy (non-hydrogen) atoms. The quantitative estimate of drug-likeness (QED) is 0.0876. The second kappa shape index (κ2) is 15.8. The van der Waals surface area contributed by atoms with Gasteiger partial charge in [0.1, 0.15) is 6.10 Å². The Hall–Kier alpha value is -2.79. The van der Waals surface area contributed by atoms with Crippen molar-refractivity contribution < 1.29 is 18.6 Å². The first-order chi connectivity index (χ1) is 23.6. The zero-order valence-electron chi connectivity index (χ0n) is 31.5. The Labute approximate surface area is 311 Å². The van der Waals surface area contributed by atoms with Gasteiger partial charge in [-0.2, -0.15) is 10.2 Å². The summed E-state index contributed by atoms with van der Waals surface area (Å²) in [5, 5.41) is 15.4. The molecular weight excluding hydrogens is 763 g/mol. The summed E-state index contributed by atoms with van der Waals surface area (Å²) in [6.07, 6.45) is 8.37. The molecule has 0 radical (unpaired) electrons. The van der Waals surface area contributed by atoms with Gasteiger partial charge in [-0.15, -0.1) is 5.10 Å². The van der Waals surface area contributed by atoms with E-state index >= 15 is 0 Å². The molecule has 1 fully saturated rings. The van der Waals surface area contributed by atoms with Gasteiger partial charge in [0, 0.05) is 32.1 Å². The molecule has 12 nitrogen and oxygen atoms in total. The molecule has 1 unspecified atom stereocenters. The van der Waals surface area contributed by atoms with Crippen LogP contribution in [0.3, 0.4) is 0 Å². The van der Waals surface area contributed by atoms with Crippen molar-refractivity contribution >= 4 is 47.9 Å². The van der Waals surface area contributed by atoms with Gasteiger partial charge in [0.2, 0.25) is 11.8 Å². The van der Waals surface area contributed by atoms with E-state index in [9.17, 15) is 0 Å². The van der Waals surface area contributed by atoms with Crippen molar-refractivity contribution in [3.63, 3.8) is 0 Å². The van der Waals surface area contributed by atoms with Crippen LogP contribution in [0.4, 0.5) is 0 Å². The Balaban J connectivity index is 1.31. The van der Waals surface area contributed by atoms with E-state index in [1.165, 1.54) is 0 Å². The number of rotatable bonds is 15. The number of ether oxygens (including phenoxy) is 3. The molecule has 0 saturated carbocycles. The predicted molar refractivity (Wildman–Crippen MR) is 209 cm³/mol. The van der Waals surface area contributed by atoms with Gasteiger partial charge in [-0.1, -0.05) is 27.4 Å². The number of likely N-dealkylation sites (N-methyl/N-ethyl adjacent to an activating group) is 1. The summed E-state index contributed by atoms with van der Waals surface area (Å²) in [6.45, 7) is 24.9. The Bertz CT molecular complexity index is 1770. The number of aromatic nitrogens is 7. The van der Waals surface area contributed by atoms with Crippen molar-refractivity contribution in [2.24, 2.45) is 7.05 Å². The normalized spacial score (nSPS) is 17.0. The fourth-order valence-corrected chi connectivity index (χ4v) is 7.77. The summed E-state index contributed by atoms with van der Waals surface area (Å²) >= 11 is 2.36. The molecule has 1 aliphatic rings. The van der Waals surface area contributed by atoms with Gasteiger partial charge < -0.3 is 18.6 Å². The standard InChI is InChI=1S/C36H55IN8O4Si/c1-12-28-26-18-29(38-20-30(26)45(40-28)32-16-14-15-17-47-32)27-19-39-43(9)35(27)49-25(4)21-42(8)22-31-33(37)34(46-13-2)41-44(31)24(3)23-48-50(10,11)36(5,6)7/h12,18-20,24-25,32H,1,13-17,21-23H2,2-11H3/t24-,25-,32?/m0/s1. The highest BCUT2D eigenvalue weighted by atomic mass is 127. The Morgan fingerprint density at radius 2 is 1.96 bits per heavy atom. The van der Waals surface area contributed by atoms with Crippen LogP contribution in [0.15, 0.2) is 25.0 Å². The lowest BCUT2D eigenvalue weighted by Gasteiger charge is -2.37. The van der Waals surface area contributed by atoms with Crippen LogP contribution < -0.4 is 9.47 Å². The fraction of sp³-hybridized carbons (Fsp3) is 0.611. The largest absolute Gasteiger partial charge is 0.476 e. The minimum absolute atomic E-state index is 0.0506. The molecule has 0 amide bonds. The second-order valence-corrected chi connectivity index (χ2v) is 20.8. The maximum absolute atomic E-state index is 6.60. The molecule has 5 rings (SSSR count). The SMILES string of the molecule is C=Cc1nn(C2CCCCO2)c2cnc(-c3cnn(C)c3O[C@@H](C)CN(C)Cc3c(I)c(OCC)nn3[C@@H](C)CO[Si](C)(C)C(C)(C)C)cc12. The third kappa shape index (κ3) is 8.29. The van der Waals surface area contributed by atoms with Gasteiger partial charge in [-0.3, -0.25) is 14.6 Å². The summed E-state index contributed by atoms with van der Waals surface area (Å²) in [5.74, 6) is 1.33. The first-order valence-corrected chi connectivity index (χ1v) is 21.7. The minimum Gasteiger partial charge on any atom is -0.476 e. The zero-order valence-corrected chi connectivity index (χ0v) is 34.7. The summed E-state index contributed by atoms with van der Waals surface area (Å²) in [6, 6.07) is 2.10. The predicted octanol–water partition coefficient (Wildman–Crippen LogP) is 7.86. The van der Waals surface area contributed by atoms with Gasteiger partial charge in [0.25, 0.3) is 0 Å². The molecule has 4 aromatic rings. The van der Waals surface area contributed by atoms with Gasteiger partial charge in [-0.25, -0.2) is 9.36 Å². The Kier molecular flexibility index (Phi) is 12.2. The minimum atomic E-state index is -1.91. The molecule has 0 N–H and O–H groups in total. The highest BCUT2D eigenvalue weighted by molar-refractivity contribution is 14.1. The molecule has 1 aliphatic heterocycles. The Morgan fingerprint density at radius 3 is 2.62 bits per heavy atom. The van der Waals surface area contributed by atoms with Crippen LogP contribution in [0.2, 0.25) is 18.1 Å². The lowest BCUT2D eigenvalue weighted by atomic mass is 10.1. The number of hydrogen-bond donors (Lipinski definition) is 0. The first-order valence-electron chi connectivity index (χ1n) is 17.7. The van der Waals surface area contributed by atoms with Crippen LogP contribution in [0.25, 0.3) is 28.2 Å². The van der Waals surface area contributed by atoms with E-state index in [-0.39, 0.29) is 23.4 Å². The molecule has 4 aromatic heterocycles. The smallest absolute Gasteiger partial charge is 0.246 e. The molecule has 0 spiro atoms. The molecule has 0 aromatic carbocycles. The summed E-state index contributed by atoms with van der Waals surface area (Å²) < 4.78 is 32.0. The second-order valence-electron chi connectivity index (χ2n) is 14.9. The van der Waals surface area contributed by atoms with Crippen LogP contribution >= 0.6 is 22.6 Å². The van der Waals surface area contributed by atoms with Crippen molar-refractivity contribution in [2.45, 2.75) is 104 Å². The van der Waals surface area contributed by atoms with Crippen LogP contribution in [-0.2, 0) is 22.8 Å². The monoisotopic (exact) mass is 818 g/mol. The maximum atomic E-state index is 6.60.